The van der Waals surface area contributed by atoms with Crippen LogP contribution >= 0.6 is 11.3 Å². The third-order valence-electron chi connectivity index (χ3n) is 1.59. The van der Waals surface area contributed by atoms with Gasteiger partial charge >= 0.3 is 0 Å². The molecule has 3 nitrogen and oxygen atoms in total. The van der Waals surface area contributed by atoms with Gasteiger partial charge in [0.05, 0.1) is 0 Å². The second-order valence-electron chi connectivity index (χ2n) is 2.62. The summed E-state index contributed by atoms with van der Waals surface area (Å²) in [6.45, 7) is 3.95. The second-order valence-corrected chi connectivity index (χ2v) is 3.47. The van der Waals surface area contributed by atoms with Gasteiger partial charge in [-0.1, -0.05) is 0 Å². The van der Waals surface area contributed by atoms with Crippen LogP contribution in [0, 0.1) is 20.2 Å². The van der Waals surface area contributed by atoms with Crippen LogP contribution in [-0.4, -0.2) is 15.0 Å². The molecular formula is C8H8N3S. The van der Waals surface area contributed by atoms with Crippen molar-refractivity contribution >= 4 is 11.3 Å². The summed E-state index contributed by atoms with van der Waals surface area (Å²) in [6.07, 6.45) is 2.70. The summed E-state index contributed by atoms with van der Waals surface area (Å²) in [5, 5.41) is 2.98. The number of hydrogen-bond acceptors (Lipinski definition) is 3. The lowest BCUT2D eigenvalue weighted by Gasteiger charge is -1.89. The lowest BCUT2D eigenvalue weighted by atomic mass is 10.4. The van der Waals surface area contributed by atoms with Gasteiger partial charge in [-0.25, -0.2) is 9.97 Å². The van der Waals surface area contributed by atoms with Gasteiger partial charge in [-0.2, -0.15) is 0 Å². The predicted octanol–water partition coefficient (Wildman–Crippen LogP) is 1.95. The van der Waals surface area contributed by atoms with Gasteiger partial charge in [0.25, 0.3) is 0 Å². The van der Waals surface area contributed by atoms with E-state index >= 15 is 0 Å². The molecule has 2 rings (SSSR count). The van der Waals surface area contributed by atoms with Crippen molar-refractivity contribution < 1.29 is 0 Å². The molecule has 0 aromatic carbocycles. The lowest BCUT2D eigenvalue weighted by molar-refractivity contribution is 1.23. The minimum Gasteiger partial charge on any atom is -0.339 e. The van der Waals surface area contributed by atoms with E-state index in [-0.39, 0.29) is 0 Å². The number of nitrogens with zero attached hydrogens (tertiary/aromatic N) is 2. The fraction of sp³-hybridized carbons (Fsp3) is 0.250. The van der Waals surface area contributed by atoms with Crippen molar-refractivity contribution in [1.82, 2.24) is 15.0 Å². The summed E-state index contributed by atoms with van der Waals surface area (Å²) >= 11 is 1.61. The maximum Gasteiger partial charge on any atom is 0.174 e. The van der Waals surface area contributed by atoms with Gasteiger partial charge in [0.2, 0.25) is 0 Å². The number of imidazole rings is 1. The smallest absolute Gasteiger partial charge is 0.174 e. The molecule has 0 bridgehead atoms. The highest BCUT2D eigenvalue weighted by molar-refractivity contribution is 7.13. The topological polar surface area (TPSA) is 41.6 Å². The molecule has 2 aromatic rings. The molecule has 12 heavy (non-hydrogen) atoms. The van der Waals surface area contributed by atoms with Crippen LogP contribution in [0.4, 0.5) is 0 Å². The number of thiazole rings is 1. The standard InChI is InChI=1S/C8H8N3S/c1-5-3-12-8(11-5)7-6(2)9-4-10-7/h3H,1-2H3,(H,9,10). The van der Waals surface area contributed by atoms with Gasteiger partial charge in [0.15, 0.2) is 6.33 Å². The van der Waals surface area contributed by atoms with Crippen LogP contribution in [0.3, 0.4) is 0 Å². The first kappa shape index (κ1) is 7.49. The Labute approximate surface area is 74.5 Å². The molecule has 0 fully saturated rings. The van der Waals surface area contributed by atoms with Gasteiger partial charge in [-0.15, -0.1) is 11.3 Å². The zero-order valence-electron chi connectivity index (χ0n) is 6.88. The Morgan fingerprint density at radius 2 is 2.33 bits per heavy atom. The molecule has 0 aliphatic carbocycles. The van der Waals surface area contributed by atoms with Crippen LogP contribution < -0.4 is 0 Å². The van der Waals surface area contributed by atoms with Gasteiger partial charge in [0, 0.05) is 16.8 Å². The van der Waals surface area contributed by atoms with Crippen molar-refractivity contribution in [2.75, 3.05) is 0 Å². The number of H-pyrrole nitrogens is 1. The molecule has 0 unspecified atom stereocenters. The molecule has 1 N–H and O–H groups in total. The van der Waals surface area contributed by atoms with Gasteiger partial charge in [-0.05, 0) is 13.8 Å². The minimum atomic E-state index is 0.910. The Hall–Kier alpha value is -1.16. The Morgan fingerprint density at radius 1 is 1.50 bits per heavy atom. The van der Waals surface area contributed by atoms with Crippen LogP contribution in [0.1, 0.15) is 11.4 Å². The van der Waals surface area contributed by atoms with E-state index in [0.717, 1.165) is 22.1 Å². The molecule has 0 atom stereocenters. The molecule has 0 saturated carbocycles. The van der Waals surface area contributed by atoms with Gasteiger partial charge in [0.1, 0.15) is 10.7 Å². The summed E-state index contributed by atoms with van der Waals surface area (Å²) in [4.78, 5) is 11.3. The Bertz CT molecular complexity index is 388. The highest BCUT2D eigenvalue weighted by atomic mass is 32.1. The first-order chi connectivity index (χ1) is 5.77. The van der Waals surface area contributed by atoms with Crippen LogP contribution in [0.15, 0.2) is 5.38 Å². The molecule has 1 radical (unpaired) electrons. The predicted molar refractivity (Wildman–Crippen MR) is 48.0 cm³/mol. The molecule has 2 heterocycles. The average molecular weight is 178 g/mol. The monoisotopic (exact) mass is 178 g/mol. The summed E-state index contributed by atoms with van der Waals surface area (Å²) in [5.41, 5.74) is 2.97. The van der Waals surface area contributed by atoms with E-state index in [1.807, 2.05) is 19.2 Å². The van der Waals surface area contributed by atoms with E-state index < -0.39 is 0 Å². The number of hydrogen-bond donors (Lipinski definition) is 1. The number of aryl methyl sites for hydroxylation is 2. The third kappa shape index (κ3) is 1.14. The van der Waals surface area contributed by atoms with Crippen molar-refractivity contribution in [1.29, 1.82) is 0 Å². The highest BCUT2D eigenvalue weighted by Gasteiger charge is 2.07. The average Bonchev–Trinajstić information content (AvgIpc) is 2.58. The molecule has 61 valence electrons. The fourth-order valence-electron chi connectivity index (χ4n) is 0.982. The van der Waals surface area contributed by atoms with Gasteiger partial charge < -0.3 is 4.98 Å². The van der Waals surface area contributed by atoms with E-state index in [4.69, 9.17) is 0 Å². The molecular weight excluding hydrogens is 170 g/mol. The fourth-order valence-corrected chi connectivity index (χ4v) is 1.82. The number of aromatic amines is 1. The number of aromatic nitrogens is 3. The van der Waals surface area contributed by atoms with Crippen molar-refractivity contribution in [2.45, 2.75) is 13.8 Å². The Balaban J connectivity index is 2.50. The van der Waals surface area contributed by atoms with Crippen molar-refractivity contribution in [3.05, 3.63) is 23.1 Å². The molecule has 0 amide bonds. The first-order valence-corrected chi connectivity index (χ1v) is 4.50. The van der Waals surface area contributed by atoms with Gasteiger partial charge in [-0.3, -0.25) is 0 Å². The highest BCUT2D eigenvalue weighted by Crippen LogP contribution is 2.22. The SMILES string of the molecule is Cc1csc(-c2n[c][nH]c2C)n1. The van der Waals surface area contributed by atoms with E-state index in [2.05, 4.69) is 21.3 Å². The zero-order valence-corrected chi connectivity index (χ0v) is 7.70. The van der Waals surface area contributed by atoms with E-state index in [1.165, 1.54) is 0 Å². The normalized spacial score (nSPS) is 10.5. The van der Waals surface area contributed by atoms with Crippen LogP contribution in [0.5, 0.6) is 0 Å². The first-order valence-electron chi connectivity index (χ1n) is 3.62. The van der Waals surface area contributed by atoms with Crippen LogP contribution in [0.25, 0.3) is 10.7 Å². The zero-order chi connectivity index (χ0) is 8.55. The van der Waals surface area contributed by atoms with E-state index in [0.29, 0.717) is 0 Å². The molecule has 0 saturated heterocycles. The summed E-state index contributed by atoms with van der Waals surface area (Å²) in [6, 6.07) is 0. The summed E-state index contributed by atoms with van der Waals surface area (Å²) < 4.78 is 0. The second kappa shape index (κ2) is 2.71. The number of nitrogens with one attached hydrogen (secondary N) is 1. The van der Waals surface area contributed by atoms with Crippen molar-refractivity contribution in [2.24, 2.45) is 0 Å². The van der Waals surface area contributed by atoms with Crippen molar-refractivity contribution in [3.63, 3.8) is 0 Å². The minimum absolute atomic E-state index is 0.910. The molecule has 2 aromatic heterocycles. The maximum atomic E-state index is 4.33. The molecule has 4 heteroatoms. The lowest BCUT2D eigenvalue weighted by Crippen LogP contribution is -1.79. The molecule has 0 spiro atoms. The molecule has 0 aliphatic rings. The number of rotatable bonds is 1. The summed E-state index contributed by atoms with van der Waals surface area (Å²) in [5.74, 6) is 0. The van der Waals surface area contributed by atoms with Crippen molar-refractivity contribution in [3.8, 4) is 10.7 Å². The maximum absolute atomic E-state index is 4.33. The summed E-state index contributed by atoms with van der Waals surface area (Å²) in [7, 11) is 0. The Kier molecular flexibility index (Phi) is 1.69. The van der Waals surface area contributed by atoms with E-state index in [1.54, 1.807) is 11.3 Å². The largest absolute Gasteiger partial charge is 0.339 e. The Morgan fingerprint density at radius 3 is 2.83 bits per heavy atom. The van der Waals surface area contributed by atoms with Crippen LogP contribution in [-0.2, 0) is 0 Å². The quantitative estimate of drug-likeness (QED) is 0.725. The molecule has 0 aliphatic heterocycles. The van der Waals surface area contributed by atoms with E-state index in [9.17, 15) is 0 Å². The third-order valence-corrected chi connectivity index (χ3v) is 2.55. The van der Waals surface area contributed by atoms with Crippen LogP contribution in [0.2, 0.25) is 0 Å².